The van der Waals surface area contributed by atoms with Gasteiger partial charge in [0.2, 0.25) is 0 Å². The van der Waals surface area contributed by atoms with Gasteiger partial charge in [0.25, 0.3) is 0 Å². The third kappa shape index (κ3) is 3.14. The second-order valence-electron chi connectivity index (χ2n) is 5.60. The molecule has 102 valence electrons. The van der Waals surface area contributed by atoms with Crippen molar-refractivity contribution >= 4 is 10.8 Å². The molecule has 2 aromatic rings. The lowest BCUT2D eigenvalue weighted by atomic mass is 9.84. The van der Waals surface area contributed by atoms with E-state index < -0.39 is 0 Å². The minimum absolute atomic E-state index is 0.0806. The zero-order chi connectivity index (χ0) is 13.8. The van der Waals surface area contributed by atoms with E-state index in [1.165, 1.54) is 16.3 Å². The van der Waals surface area contributed by atoms with E-state index in [1.807, 2.05) is 7.05 Å². The fourth-order valence-electron chi connectivity index (χ4n) is 2.68. The van der Waals surface area contributed by atoms with Gasteiger partial charge in [-0.25, -0.2) is 0 Å². The summed E-state index contributed by atoms with van der Waals surface area (Å²) >= 11 is 0. The Balaban J connectivity index is 2.31. The molecule has 2 aromatic carbocycles. The van der Waals surface area contributed by atoms with E-state index in [0.29, 0.717) is 11.8 Å². The van der Waals surface area contributed by atoms with Crippen LogP contribution in [0.1, 0.15) is 25.5 Å². The monoisotopic (exact) mass is 256 g/mol. The molecule has 0 aliphatic carbocycles. The number of fused-ring (bicyclic) bond motifs is 1. The van der Waals surface area contributed by atoms with E-state index in [9.17, 15) is 0 Å². The average Bonchev–Trinajstić information content (AvgIpc) is 2.43. The topological polar surface area (TPSA) is 38.0 Å². The molecule has 2 atom stereocenters. The fourth-order valence-corrected chi connectivity index (χ4v) is 2.68. The summed E-state index contributed by atoms with van der Waals surface area (Å²) in [6.07, 6.45) is 0. The van der Waals surface area contributed by atoms with Crippen molar-refractivity contribution in [2.45, 2.75) is 19.9 Å². The molecular weight excluding hydrogens is 232 g/mol. The molecular formula is C17H24N2. The molecule has 0 amide bonds. The van der Waals surface area contributed by atoms with E-state index in [-0.39, 0.29) is 6.04 Å². The summed E-state index contributed by atoms with van der Waals surface area (Å²) in [5.41, 5.74) is 7.71. The van der Waals surface area contributed by atoms with E-state index >= 15 is 0 Å². The maximum absolute atomic E-state index is 6.48. The van der Waals surface area contributed by atoms with Gasteiger partial charge in [0.15, 0.2) is 0 Å². The highest BCUT2D eigenvalue weighted by atomic mass is 14.8. The summed E-state index contributed by atoms with van der Waals surface area (Å²) in [7, 11) is 1.99. The van der Waals surface area contributed by atoms with Crippen LogP contribution in [0.15, 0.2) is 42.5 Å². The normalized spacial score (nSPS) is 14.8. The zero-order valence-corrected chi connectivity index (χ0v) is 12.1. The first kappa shape index (κ1) is 14.0. The Hall–Kier alpha value is -1.38. The van der Waals surface area contributed by atoms with Gasteiger partial charge in [-0.3, -0.25) is 0 Å². The van der Waals surface area contributed by atoms with Crippen LogP contribution in [0.2, 0.25) is 0 Å². The first-order chi connectivity index (χ1) is 9.13. The Kier molecular flexibility index (Phi) is 4.56. The SMILES string of the molecule is CNCC(C(C)C)C(N)c1ccc2ccccc2c1. The highest BCUT2D eigenvalue weighted by Gasteiger charge is 2.22. The molecule has 3 N–H and O–H groups in total. The minimum Gasteiger partial charge on any atom is -0.324 e. The van der Waals surface area contributed by atoms with Crippen molar-refractivity contribution in [3.05, 3.63) is 48.0 Å². The maximum atomic E-state index is 6.48. The highest BCUT2D eigenvalue weighted by Crippen LogP contribution is 2.27. The van der Waals surface area contributed by atoms with E-state index in [0.717, 1.165) is 6.54 Å². The van der Waals surface area contributed by atoms with Crippen LogP contribution >= 0.6 is 0 Å². The number of hydrogen-bond acceptors (Lipinski definition) is 2. The maximum Gasteiger partial charge on any atom is 0.0338 e. The Morgan fingerprint density at radius 3 is 2.37 bits per heavy atom. The number of nitrogens with two attached hydrogens (primary N) is 1. The molecule has 19 heavy (non-hydrogen) atoms. The predicted molar refractivity (Wildman–Crippen MR) is 83.1 cm³/mol. The van der Waals surface area contributed by atoms with Gasteiger partial charge in [-0.1, -0.05) is 50.2 Å². The summed E-state index contributed by atoms with van der Waals surface area (Å²) in [6, 6.07) is 15.1. The zero-order valence-electron chi connectivity index (χ0n) is 12.1. The lowest BCUT2D eigenvalue weighted by Gasteiger charge is -2.27. The van der Waals surface area contributed by atoms with Gasteiger partial charge >= 0.3 is 0 Å². The fraction of sp³-hybridized carbons (Fsp3) is 0.412. The molecule has 0 aliphatic heterocycles. The number of nitrogens with one attached hydrogen (secondary N) is 1. The molecule has 0 radical (unpaired) electrons. The summed E-state index contributed by atoms with van der Waals surface area (Å²) in [5, 5.41) is 5.79. The third-order valence-electron chi connectivity index (χ3n) is 3.92. The molecule has 2 rings (SSSR count). The number of hydrogen-bond donors (Lipinski definition) is 2. The van der Waals surface area contributed by atoms with Gasteiger partial charge in [-0.05, 0) is 47.8 Å². The molecule has 0 bridgehead atoms. The molecule has 0 heterocycles. The van der Waals surface area contributed by atoms with Gasteiger partial charge < -0.3 is 11.1 Å². The van der Waals surface area contributed by atoms with Crippen molar-refractivity contribution in [3.63, 3.8) is 0 Å². The van der Waals surface area contributed by atoms with Crippen molar-refractivity contribution in [2.75, 3.05) is 13.6 Å². The summed E-state index contributed by atoms with van der Waals surface area (Å²) < 4.78 is 0. The van der Waals surface area contributed by atoms with Gasteiger partial charge in [0.05, 0.1) is 0 Å². The number of benzene rings is 2. The lowest BCUT2D eigenvalue weighted by molar-refractivity contribution is 0.314. The molecule has 2 unspecified atom stereocenters. The van der Waals surface area contributed by atoms with Crippen LogP contribution in [-0.4, -0.2) is 13.6 Å². The molecule has 0 spiro atoms. The lowest BCUT2D eigenvalue weighted by Crippen LogP contribution is -2.33. The van der Waals surface area contributed by atoms with Gasteiger partial charge in [0, 0.05) is 6.04 Å². The van der Waals surface area contributed by atoms with Crippen molar-refractivity contribution in [1.82, 2.24) is 5.32 Å². The van der Waals surface area contributed by atoms with Gasteiger partial charge in [-0.15, -0.1) is 0 Å². The number of rotatable bonds is 5. The molecule has 2 heteroatoms. The highest BCUT2D eigenvalue weighted by molar-refractivity contribution is 5.83. The molecule has 0 aromatic heterocycles. The average molecular weight is 256 g/mol. The van der Waals surface area contributed by atoms with E-state index in [1.54, 1.807) is 0 Å². The van der Waals surface area contributed by atoms with Crippen molar-refractivity contribution in [1.29, 1.82) is 0 Å². The second-order valence-corrected chi connectivity index (χ2v) is 5.60. The Bertz CT molecular complexity index is 534. The van der Waals surface area contributed by atoms with Crippen LogP contribution in [0.3, 0.4) is 0 Å². The smallest absolute Gasteiger partial charge is 0.0338 e. The predicted octanol–water partition coefficient (Wildman–Crippen LogP) is 3.33. The quantitative estimate of drug-likeness (QED) is 0.861. The molecule has 0 aliphatic rings. The van der Waals surface area contributed by atoms with Gasteiger partial charge in [-0.2, -0.15) is 0 Å². The van der Waals surface area contributed by atoms with Crippen molar-refractivity contribution < 1.29 is 0 Å². The molecule has 2 nitrogen and oxygen atoms in total. The first-order valence-electron chi connectivity index (χ1n) is 7.02. The molecule has 0 saturated carbocycles. The van der Waals surface area contributed by atoms with Crippen LogP contribution in [-0.2, 0) is 0 Å². The van der Waals surface area contributed by atoms with Crippen LogP contribution in [0.5, 0.6) is 0 Å². The van der Waals surface area contributed by atoms with Gasteiger partial charge in [0.1, 0.15) is 0 Å². The summed E-state index contributed by atoms with van der Waals surface area (Å²) in [6.45, 7) is 5.43. The van der Waals surface area contributed by atoms with Crippen LogP contribution in [0.25, 0.3) is 10.8 Å². The van der Waals surface area contributed by atoms with Crippen LogP contribution < -0.4 is 11.1 Å². The molecule has 0 fully saturated rings. The van der Waals surface area contributed by atoms with E-state index in [2.05, 4.69) is 61.6 Å². The van der Waals surface area contributed by atoms with Crippen molar-refractivity contribution in [2.24, 2.45) is 17.6 Å². The van der Waals surface area contributed by atoms with Crippen LogP contribution in [0, 0.1) is 11.8 Å². The standard InChI is InChI=1S/C17H24N2/c1-12(2)16(11-19-3)17(18)15-9-8-13-6-4-5-7-14(13)10-15/h4-10,12,16-17,19H,11,18H2,1-3H3. The third-order valence-corrected chi connectivity index (χ3v) is 3.92. The summed E-state index contributed by atoms with van der Waals surface area (Å²) in [4.78, 5) is 0. The Labute approximate surface area is 116 Å². The van der Waals surface area contributed by atoms with Crippen molar-refractivity contribution in [3.8, 4) is 0 Å². The van der Waals surface area contributed by atoms with E-state index in [4.69, 9.17) is 5.73 Å². The Morgan fingerprint density at radius 1 is 1.05 bits per heavy atom. The Morgan fingerprint density at radius 2 is 1.74 bits per heavy atom. The van der Waals surface area contributed by atoms with Crippen LogP contribution in [0.4, 0.5) is 0 Å². The molecule has 0 saturated heterocycles. The first-order valence-corrected chi connectivity index (χ1v) is 7.02. The minimum atomic E-state index is 0.0806. The largest absolute Gasteiger partial charge is 0.324 e. The summed E-state index contributed by atoms with van der Waals surface area (Å²) in [5.74, 6) is 1.01. The second kappa shape index (κ2) is 6.18.